The third-order valence-electron chi connectivity index (χ3n) is 3.20. The number of ether oxygens (including phenoxy) is 1. The second kappa shape index (κ2) is 5.48. The van der Waals surface area contributed by atoms with Crippen molar-refractivity contribution in [2.24, 2.45) is 5.73 Å². The molecule has 0 radical (unpaired) electrons. The summed E-state index contributed by atoms with van der Waals surface area (Å²) < 4.78 is 10.7. The van der Waals surface area contributed by atoms with E-state index in [9.17, 15) is 0 Å². The largest absolute Gasteiger partial charge is 0.472 e. The summed E-state index contributed by atoms with van der Waals surface area (Å²) in [5.41, 5.74) is 6.96. The molecule has 1 aliphatic rings. The molecule has 0 amide bonds. The van der Waals surface area contributed by atoms with Crippen LogP contribution in [-0.2, 0) is 4.74 Å². The fourth-order valence-electron chi connectivity index (χ4n) is 2.27. The zero-order valence-corrected chi connectivity index (χ0v) is 9.76. The highest BCUT2D eigenvalue weighted by molar-refractivity contribution is 5.12. The van der Waals surface area contributed by atoms with Gasteiger partial charge in [-0.1, -0.05) is 0 Å². The molecule has 4 nitrogen and oxygen atoms in total. The van der Waals surface area contributed by atoms with Gasteiger partial charge in [-0.3, -0.25) is 4.90 Å². The van der Waals surface area contributed by atoms with Crippen LogP contribution in [0.4, 0.5) is 0 Å². The molecule has 90 valence electrons. The van der Waals surface area contributed by atoms with Crippen molar-refractivity contribution in [3.63, 3.8) is 0 Å². The van der Waals surface area contributed by atoms with E-state index < -0.39 is 0 Å². The molecule has 0 bridgehead atoms. The van der Waals surface area contributed by atoms with Gasteiger partial charge in [0.1, 0.15) is 0 Å². The minimum absolute atomic E-state index is 0.225. The lowest BCUT2D eigenvalue weighted by Gasteiger charge is -2.28. The monoisotopic (exact) mass is 224 g/mol. The van der Waals surface area contributed by atoms with Crippen LogP contribution in [0, 0.1) is 0 Å². The van der Waals surface area contributed by atoms with Crippen LogP contribution in [0.2, 0.25) is 0 Å². The third-order valence-corrected chi connectivity index (χ3v) is 3.20. The zero-order valence-electron chi connectivity index (χ0n) is 9.76. The zero-order chi connectivity index (χ0) is 11.4. The Hall–Kier alpha value is -0.840. The van der Waals surface area contributed by atoms with Crippen molar-refractivity contribution in [2.75, 3.05) is 26.7 Å². The van der Waals surface area contributed by atoms with E-state index in [1.165, 1.54) is 6.42 Å². The van der Waals surface area contributed by atoms with Crippen LogP contribution in [0.3, 0.4) is 0 Å². The molecule has 2 N–H and O–H groups in total. The molecule has 0 aromatic carbocycles. The van der Waals surface area contributed by atoms with E-state index in [1.54, 1.807) is 12.5 Å². The fraction of sp³-hybridized carbons (Fsp3) is 0.667. The molecular weight excluding hydrogens is 204 g/mol. The number of nitrogens with two attached hydrogens (primary N) is 1. The Labute approximate surface area is 96.4 Å². The van der Waals surface area contributed by atoms with Crippen molar-refractivity contribution in [3.8, 4) is 0 Å². The molecule has 1 aromatic rings. The maximum Gasteiger partial charge on any atom is 0.0950 e. The van der Waals surface area contributed by atoms with E-state index >= 15 is 0 Å². The minimum atomic E-state index is 0.225. The summed E-state index contributed by atoms with van der Waals surface area (Å²) >= 11 is 0. The molecule has 2 rings (SSSR count). The highest BCUT2D eigenvalue weighted by atomic mass is 16.5. The molecule has 0 spiro atoms. The lowest BCUT2D eigenvalue weighted by Crippen LogP contribution is -2.35. The first kappa shape index (κ1) is 11.6. The van der Waals surface area contributed by atoms with Crippen LogP contribution >= 0.6 is 0 Å². The normalized spacial score (nSPS) is 22.8. The Morgan fingerprint density at radius 1 is 1.62 bits per heavy atom. The molecule has 4 heteroatoms. The van der Waals surface area contributed by atoms with Gasteiger partial charge >= 0.3 is 0 Å². The maximum absolute atomic E-state index is 5.81. The molecule has 1 aliphatic heterocycles. The predicted octanol–water partition coefficient (Wildman–Crippen LogP) is 1.39. The number of hydrogen-bond donors (Lipinski definition) is 1. The summed E-state index contributed by atoms with van der Waals surface area (Å²) in [4.78, 5) is 2.25. The standard InChI is InChI=1S/C12H20N2O2/c1-14(8-11-3-2-5-16-11)12(7-13)10-4-6-15-9-10/h4,6,9,11-12H,2-3,5,7-8,13H2,1H3. The smallest absolute Gasteiger partial charge is 0.0950 e. The molecule has 2 unspecified atom stereocenters. The van der Waals surface area contributed by atoms with Gasteiger partial charge in [0.15, 0.2) is 0 Å². The van der Waals surface area contributed by atoms with E-state index in [2.05, 4.69) is 11.9 Å². The summed E-state index contributed by atoms with van der Waals surface area (Å²) in [5.74, 6) is 0. The summed E-state index contributed by atoms with van der Waals surface area (Å²) in [5, 5.41) is 0. The average molecular weight is 224 g/mol. The van der Waals surface area contributed by atoms with Crippen LogP contribution in [-0.4, -0.2) is 37.7 Å². The summed E-state index contributed by atoms with van der Waals surface area (Å²) in [6.45, 7) is 2.44. The fourth-order valence-corrected chi connectivity index (χ4v) is 2.27. The second-order valence-electron chi connectivity index (χ2n) is 4.38. The molecule has 1 aromatic heterocycles. The molecule has 2 heterocycles. The van der Waals surface area contributed by atoms with Crippen LogP contribution in [0.25, 0.3) is 0 Å². The van der Waals surface area contributed by atoms with Crippen LogP contribution in [0.5, 0.6) is 0 Å². The number of nitrogens with zero attached hydrogens (tertiary/aromatic N) is 1. The van der Waals surface area contributed by atoms with E-state index in [4.69, 9.17) is 14.9 Å². The van der Waals surface area contributed by atoms with E-state index in [0.717, 1.165) is 25.1 Å². The van der Waals surface area contributed by atoms with E-state index in [1.807, 2.05) is 6.07 Å². The highest BCUT2D eigenvalue weighted by Gasteiger charge is 2.22. The molecule has 0 saturated carbocycles. The van der Waals surface area contributed by atoms with Gasteiger partial charge in [-0.15, -0.1) is 0 Å². The van der Waals surface area contributed by atoms with Gasteiger partial charge in [0.2, 0.25) is 0 Å². The second-order valence-corrected chi connectivity index (χ2v) is 4.38. The Balaban J connectivity index is 1.93. The molecule has 1 saturated heterocycles. The first-order chi connectivity index (χ1) is 7.81. The lowest BCUT2D eigenvalue weighted by atomic mass is 10.1. The quantitative estimate of drug-likeness (QED) is 0.821. The van der Waals surface area contributed by atoms with Crippen molar-refractivity contribution in [2.45, 2.75) is 25.0 Å². The van der Waals surface area contributed by atoms with Gasteiger partial charge in [0.05, 0.1) is 18.6 Å². The van der Waals surface area contributed by atoms with Crippen LogP contribution < -0.4 is 5.73 Å². The summed E-state index contributed by atoms with van der Waals surface area (Å²) in [7, 11) is 2.09. The average Bonchev–Trinajstić information content (AvgIpc) is 2.91. The Morgan fingerprint density at radius 2 is 2.50 bits per heavy atom. The Kier molecular flexibility index (Phi) is 3.98. The Morgan fingerprint density at radius 3 is 3.06 bits per heavy atom. The molecule has 0 aliphatic carbocycles. The lowest BCUT2D eigenvalue weighted by molar-refractivity contribution is 0.0688. The van der Waals surface area contributed by atoms with Crippen molar-refractivity contribution < 1.29 is 9.15 Å². The van der Waals surface area contributed by atoms with Gasteiger partial charge in [0.25, 0.3) is 0 Å². The first-order valence-corrected chi connectivity index (χ1v) is 5.85. The van der Waals surface area contributed by atoms with Gasteiger partial charge in [-0.05, 0) is 26.0 Å². The van der Waals surface area contributed by atoms with Crippen molar-refractivity contribution in [3.05, 3.63) is 24.2 Å². The number of hydrogen-bond acceptors (Lipinski definition) is 4. The molecular formula is C12H20N2O2. The maximum atomic E-state index is 5.81. The number of rotatable bonds is 5. The van der Waals surface area contributed by atoms with E-state index in [0.29, 0.717) is 12.6 Å². The summed E-state index contributed by atoms with van der Waals surface area (Å²) in [6, 6.07) is 2.20. The minimum Gasteiger partial charge on any atom is -0.472 e. The number of furan rings is 1. The van der Waals surface area contributed by atoms with Crippen molar-refractivity contribution >= 4 is 0 Å². The van der Waals surface area contributed by atoms with Gasteiger partial charge < -0.3 is 14.9 Å². The van der Waals surface area contributed by atoms with E-state index in [-0.39, 0.29) is 6.04 Å². The molecule has 1 fully saturated rings. The van der Waals surface area contributed by atoms with Gasteiger partial charge in [-0.2, -0.15) is 0 Å². The van der Waals surface area contributed by atoms with Gasteiger partial charge in [0, 0.05) is 31.3 Å². The summed E-state index contributed by atoms with van der Waals surface area (Å²) in [6.07, 6.45) is 6.16. The van der Waals surface area contributed by atoms with Crippen LogP contribution in [0.15, 0.2) is 23.0 Å². The predicted molar refractivity (Wildman–Crippen MR) is 62.1 cm³/mol. The molecule has 2 atom stereocenters. The first-order valence-electron chi connectivity index (χ1n) is 5.85. The highest BCUT2D eigenvalue weighted by Crippen LogP contribution is 2.21. The van der Waals surface area contributed by atoms with Crippen LogP contribution in [0.1, 0.15) is 24.4 Å². The topological polar surface area (TPSA) is 51.6 Å². The molecule has 16 heavy (non-hydrogen) atoms. The van der Waals surface area contributed by atoms with Crippen molar-refractivity contribution in [1.82, 2.24) is 4.90 Å². The van der Waals surface area contributed by atoms with Crippen molar-refractivity contribution in [1.29, 1.82) is 0 Å². The third kappa shape index (κ3) is 2.64. The number of likely N-dealkylation sites (N-methyl/N-ethyl adjacent to an activating group) is 1. The SMILES string of the molecule is CN(CC1CCCO1)C(CN)c1ccoc1. The Bertz CT molecular complexity index is 294. The van der Waals surface area contributed by atoms with Gasteiger partial charge in [-0.25, -0.2) is 0 Å².